The molecule has 0 saturated carbocycles. The van der Waals surface area contributed by atoms with Crippen molar-refractivity contribution in [1.82, 2.24) is 5.32 Å². The first-order valence-electron chi connectivity index (χ1n) is 9.60. The normalized spacial score (nSPS) is 12.3. The van der Waals surface area contributed by atoms with Crippen LogP contribution in [0.4, 0.5) is 0 Å². The van der Waals surface area contributed by atoms with Crippen LogP contribution in [0.5, 0.6) is 0 Å². The van der Waals surface area contributed by atoms with Gasteiger partial charge in [0.1, 0.15) is 0 Å². The van der Waals surface area contributed by atoms with E-state index in [1.165, 1.54) is 57.8 Å². The molecule has 3 nitrogen and oxygen atoms in total. The zero-order valence-electron chi connectivity index (χ0n) is 15.3. The molecule has 1 atom stereocenters. The lowest BCUT2D eigenvalue weighted by atomic mass is 10.0. The first kappa shape index (κ1) is 21.4. The van der Waals surface area contributed by atoms with Gasteiger partial charge in [-0.2, -0.15) is 0 Å². The molecule has 22 heavy (non-hydrogen) atoms. The summed E-state index contributed by atoms with van der Waals surface area (Å²) in [4.78, 5) is 11.7. The highest BCUT2D eigenvalue weighted by atomic mass is 16.5. The predicted octanol–water partition coefficient (Wildman–Crippen LogP) is 5.09. The molecule has 0 amide bonds. The molecule has 0 aliphatic heterocycles. The largest absolute Gasteiger partial charge is 0.465 e. The number of esters is 1. The van der Waals surface area contributed by atoms with Gasteiger partial charge in [-0.3, -0.25) is 4.79 Å². The van der Waals surface area contributed by atoms with Crippen LogP contribution < -0.4 is 5.32 Å². The summed E-state index contributed by atoms with van der Waals surface area (Å²) >= 11 is 0. The van der Waals surface area contributed by atoms with Crippen LogP contribution in [0.1, 0.15) is 91.4 Å². The highest BCUT2D eigenvalue weighted by Crippen LogP contribution is 2.13. The zero-order chi connectivity index (χ0) is 16.5. The summed E-state index contributed by atoms with van der Waals surface area (Å²) in [6, 6.07) is 0. The summed E-state index contributed by atoms with van der Waals surface area (Å²) < 4.78 is 5.39. The number of carbonyl (C=O) groups is 1. The first-order valence-corrected chi connectivity index (χ1v) is 9.60. The third kappa shape index (κ3) is 14.4. The highest BCUT2D eigenvalue weighted by molar-refractivity contribution is 5.69. The molecule has 0 heterocycles. The number of rotatable bonds is 16. The summed E-state index contributed by atoms with van der Waals surface area (Å²) in [6.45, 7) is 9.00. The van der Waals surface area contributed by atoms with E-state index in [0.717, 1.165) is 19.5 Å². The molecule has 0 spiro atoms. The average Bonchev–Trinajstić information content (AvgIpc) is 2.53. The lowest BCUT2D eigenvalue weighted by molar-refractivity contribution is -0.145. The Morgan fingerprint density at radius 2 is 1.59 bits per heavy atom. The Balaban J connectivity index is 3.38. The van der Waals surface area contributed by atoms with Gasteiger partial charge < -0.3 is 10.1 Å². The number of hydrogen-bond donors (Lipinski definition) is 1. The van der Waals surface area contributed by atoms with E-state index in [9.17, 15) is 4.79 Å². The van der Waals surface area contributed by atoms with Crippen LogP contribution in [0.25, 0.3) is 0 Å². The average molecular weight is 314 g/mol. The van der Waals surface area contributed by atoms with Gasteiger partial charge in [0.25, 0.3) is 0 Å². The Morgan fingerprint density at radius 1 is 0.909 bits per heavy atom. The fraction of sp³-hybridized carbons (Fsp3) is 0.947. The summed E-state index contributed by atoms with van der Waals surface area (Å²) in [5.41, 5.74) is 0. The molecule has 0 aromatic rings. The van der Waals surface area contributed by atoms with Gasteiger partial charge in [-0.25, -0.2) is 0 Å². The number of nitrogens with one attached hydrogen (secondary N) is 1. The lowest BCUT2D eigenvalue weighted by Crippen LogP contribution is -2.21. The van der Waals surface area contributed by atoms with E-state index < -0.39 is 0 Å². The molecule has 0 saturated heterocycles. The quantitative estimate of drug-likeness (QED) is 0.319. The molecule has 0 rings (SSSR count). The van der Waals surface area contributed by atoms with Crippen LogP contribution in [0.15, 0.2) is 0 Å². The van der Waals surface area contributed by atoms with E-state index in [4.69, 9.17) is 4.74 Å². The Bertz CT molecular complexity index is 244. The Labute approximate surface area is 138 Å². The molecule has 1 N–H and O–H groups in total. The second kappa shape index (κ2) is 16.8. The number of ether oxygens (including phenoxy) is 1. The standard InChI is InChI=1S/C19H39NO2/c1-4-7-9-10-11-12-15-20-16-14-19(21)22-17-18(6-3)13-8-5-2/h18,20H,4-17H2,1-3H3. The van der Waals surface area contributed by atoms with Gasteiger partial charge in [-0.1, -0.05) is 72.1 Å². The maximum absolute atomic E-state index is 11.7. The molecule has 0 fully saturated rings. The van der Waals surface area contributed by atoms with Gasteiger partial charge in [0.2, 0.25) is 0 Å². The van der Waals surface area contributed by atoms with Crippen molar-refractivity contribution in [1.29, 1.82) is 0 Å². The Hall–Kier alpha value is -0.570. The van der Waals surface area contributed by atoms with Crippen LogP contribution in [0.3, 0.4) is 0 Å². The number of unbranched alkanes of at least 4 members (excludes halogenated alkanes) is 6. The molecule has 1 unspecified atom stereocenters. The molecule has 0 aliphatic carbocycles. The van der Waals surface area contributed by atoms with Gasteiger partial charge in [0.05, 0.1) is 13.0 Å². The van der Waals surface area contributed by atoms with Crippen molar-refractivity contribution in [2.75, 3.05) is 19.7 Å². The maximum Gasteiger partial charge on any atom is 0.307 e. The molecule has 3 heteroatoms. The van der Waals surface area contributed by atoms with Crippen molar-refractivity contribution >= 4 is 5.97 Å². The topological polar surface area (TPSA) is 38.3 Å². The summed E-state index contributed by atoms with van der Waals surface area (Å²) in [5, 5.41) is 3.34. The van der Waals surface area contributed by atoms with Crippen LogP contribution >= 0.6 is 0 Å². The monoisotopic (exact) mass is 313 g/mol. The van der Waals surface area contributed by atoms with E-state index >= 15 is 0 Å². The fourth-order valence-electron chi connectivity index (χ4n) is 2.53. The smallest absolute Gasteiger partial charge is 0.307 e. The highest BCUT2D eigenvalue weighted by Gasteiger charge is 2.09. The molecule has 0 aromatic carbocycles. The van der Waals surface area contributed by atoms with Crippen LogP contribution in [0.2, 0.25) is 0 Å². The minimum absolute atomic E-state index is 0.0506. The molecule has 0 aromatic heterocycles. The van der Waals surface area contributed by atoms with Crippen LogP contribution in [0, 0.1) is 5.92 Å². The van der Waals surface area contributed by atoms with Gasteiger partial charge in [-0.15, -0.1) is 0 Å². The van der Waals surface area contributed by atoms with Crippen molar-refractivity contribution in [2.45, 2.75) is 91.4 Å². The van der Waals surface area contributed by atoms with Gasteiger partial charge >= 0.3 is 5.97 Å². The van der Waals surface area contributed by atoms with Crippen molar-refractivity contribution in [3.05, 3.63) is 0 Å². The van der Waals surface area contributed by atoms with Gasteiger partial charge in [0, 0.05) is 6.54 Å². The molecule has 0 aliphatic rings. The van der Waals surface area contributed by atoms with E-state index in [0.29, 0.717) is 18.9 Å². The second-order valence-electron chi connectivity index (χ2n) is 6.37. The number of carbonyl (C=O) groups excluding carboxylic acids is 1. The second-order valence-corrected chi connectivity index (χ2v) is 6.37. The summed E-state index contributed by atoms with van der Waals surface area (Å²) in [7, 11) is 0. The lowest BCUT2D eigenvalue weighted by Gasteiger charge is -2.14. The third-order valence-electron chi connectivity index (χ3n) is 4.24. The van der Waals surface area contributed by atoms with E-state index in [1.54, 1.807) is 0 Å². The molecule has 0 radical (unpaired) electrons. The van der Waals surface area contributed by atoms with E-state index in [-0.39, 0.29) is 5.97 Å². The minimum Gasteiger partial charge on any atom is -0.465 e. The molecular weight excluding hydrogens is 274 g/mol. The fourth-order valence-corrected chi connectivity index (χ4v) is 2.53. The third-order valence-corrected chi connectivity index (χ3v) is 4.24. The SMILES string of the molecule is CCCCCCCCNCCC(=O)OCC(CC)CCCC. The van der Waals surface area contributed by atoms with Crippen LogP contribution in [-0.2, 0) is 9.53 Å². The summed E-state index contributed by atoms with van der Waals surface area (Å²) in [6.07, 6.45) is 13.1. The van der Waals surface area contributed by atoms with Gasteiger partial charge in [0.15, 0.2) is 0 Å². The van der Waals surface area contributed by atoms with Gasteiger partial charge in [-0.05, 0) is 25.3 Å². The van der Waals surface area contributed by atoms with Crippen LogP contribution in [-0.4, -0.2) is 25.7 Å². The minimum atomic E-state index is -0.0506. The van der Waals surface area contributed by atoms with Crippen molar-refractivity contribution in [3.63, 3.8) is 0 Å². The first-order chi connectivity index (χ1) is 10.7. The maximum atomic E-state index is 11.7. The predicted molar refractivity (Wildman–Crippen MR) is 95.1 cm³/mol. The van der Waals surface area contributed by atoms with Crippen molar-refractivity contribution in [2.24, 2.45) is 5.92 Å². The van der Waals surface area contributed by atoms with Crippen molar-refractivity contribution in [3.8, 4) is 0 Å². The molecule has 132 valence electrons. The zero-order valence-corrected chi connectivity index (χ0v) is 15.3. The van der Waals surface area contributed by atoms with Crippen molar-refractivity contribution < 1.29 is 9.53 Å². The number of hydrogen-bond acceptors (Lipinski definition) is 3. The van der Waals surface area contributed by atoms with E-state index in [1.807, 2.05) is 0 Å². The van der Waals surface area contributed by atoms with E-state index in [2.05, 4.69) is 26.1 Å². The molecule has 0 bridgehead atoms. The molecular formula is C19H39NO2. The Morgan fingerprint density at radius 3 is 2.27 bits per heavy atom. The Kier molecular flexibility index (Phi) is 16.4. The summed E-state index contributed by atoms with van der Waals surface area (Å²) in [5.74, 6) is 0.491.